The number of anilines is 1. The molecule has 0 saturated carbocycles. The van der Waals surface area contributed by atoms with Crippen LogP contribution in [0.15, 0.2) is 54.7 Å². The zero-order valence-corrected chi connectivity index (χ0v) is 13.1. The van der Waals surface area contributed by atoms with Gasteiger partial charge in [0.25, 0.3) is 0 Å². The summed E-state index contributed by atoms with van der Waals surface area (Å²) in [5.41, 5.74) is 2.83. The molecule has 1 saturated heterocycles. The van der Waals surface area contributed by atoms with E-state index in [2.05, 4.69) is 21.3 Å². The first-order valence-electron chi connectivity index (χ1n) is 8.01. The number of aromatic nitrogens is 1. The van der Waals surface area contributed by atoms with Crippen LogP contribution >= 0.6 is 0 Å². The molecule has 2 aromatic rings. The van der Waals surface area contributed by atoms with E-state index >= 15 is 0 Å². The van der Waals surface area contributed by atoms with Crippen molar-refractivity contribution in [3.63, 3.8) is 0 Å². The molecular formula is C19H21N3O. The Bertz CT molecular complexity index is 676. The van der Waals surface area contributed by atoms with E-state index in [4.69, 9.17) is 0 Å². The molecule has 1 amide bonds. The lowest BCUT2D eigenvalue weighted by atomic mass is 10.2. The molecule has 1 fully saturated rings. The van der Waals surface area contributed by atoms with Crippen molar-refractivity contribution in [1.82, 2.24) is 9.88 Å². The molecule has 1 aromatic carbocycles. The van der Waals surface area contributed by atoms with Crippen LogP contribution in [-0.4, -0.2) is 28.9 Å². The molecule has 0 unspecified atom stereocenters. The number of benzene rings is 1. The molecule has 0 aliphatic carbocycles. The highest BCUT2D eigenvalue weighted by molar-refractivity contribution is 6.01. The maximum atomic E-state index is 12.0. The number of carbonyl (C=O) groups excluding carboxylic acids is 1. The van der Waals surface area contributed by atoms with Gasteiger partial charge in [0, 0.05) is 24.5 Å². The molecular weight excluding hydrogens is 286 g/mol. The normalized spacial score (nSPS) is 15.1. The van der Waals surface area contributed by atoms with Gasteiger partial charge in [0.05, 0.1) is 5.69 Å². The largest absolute Gasteiger partial charge is 0.323 e. The zero-order valence-electron chi connectivity index (χ0n) is 13.1. The number of nitrogens with zero attached hydrogens (tertiary/aromatic N) is 2. The van der Waals surface area contributed by atoms with Gasteiger partial charge in [0.1, 0.15) is 0 Å². The Morgan fingerprint density at radius 1 is 1.17 bits per heavy atom. The summed E-state index contributed by atoms with van der Waals surface area (Å²) in [6.45, 7) is 3.29. The van der Waals surface area contributed by atoms with Gasteiger partial charge in [-0.05, 0) is 61.8 Å². The van der Waals surface area contributed by atoms with Crippen LogP contribution in [0.5, 0.6) is 0 Å². The maximum absolute atomic E-state index is 12.0. The molecule has 0 bridgehead atoms. The number of nitrogens with one attached hydrogen (secondary N) is 1. The number of carbonyl (C=O) groups is 1. The monoisotopic (exact) mass is 307 g/mol. The predicted molar refractivity (Wildman–Crippen MR) is 92.9 cm³/mol. The minimum Gasteiger partial charge on any atom is -0.323 e. The van der Waals surface area contributed by atoms with Crippen LogP contribution in [0.25, 0.3) is 6.08 Å². The summed E-state index contributed by atoms with van der Waals surface area (Å²) in [5, 5.41) is 2.91. The van der Waals surface area contributed by atoms with Crippen LogP contribution < -0.4 is 5.32 Å². The van der Waals surface area contributed by atoms with Crippen LogP contribution in [0.4, 0.5) is 5.69 Å². The highest BCUT2D eigenvalue weighted by Crippen LogP contribution is 2.16. The molecule has 4 heteroatoms. The standard InChI is InChI=1S/C19H21N3O/c23-19(10-9-17-7-1-2-11-20-17)21-18-8-5-6-16(14-18)15-22-12-3-4-13-22/h1-2,5-11,14H,3-4,12-13,15H2,(H,21,23). The minimum absolute atomic E-state index is 0.144. The van der Waals surface area contributed by atoms with Gasteiger partial charge >= 0.3 is 0 Å². The highest BCUT2D eigenvalue weighted by Gasteiger charge is 2.11. The molecule has 2 heterocycles. The molecule has 1 aliphatic rings. The van der Waals surface area contributed by atoms with E-state index in [1.54, 1.807) is 12.3 Å². The van der Waals surface area contributed by atoms with Crippen molar-refractivity contribution in [2.45, 2.75) is 19.4 Å². The van der Waals surface area contributed by atoms with Crippen LogP contribution in [0.2, 0.25) is 0 Å². The Labute approximate surface area is 136 Å². The zero-order chi connectivity index (χ0) is 15.9. The smallest absolute Gasteiger partial charge is 0.248 e. The lowest BCUT2D eigenvalue weighted by molar-refractivity contribution is -0.111. The van der Waals surface area contributed by atoms with E-state index in [1.165, 1.54) is 37.6 Å². The summed E-state index contributed by atoms with van der Waals surface area (Å²) < 4.78 is 0. The number of rotatable bonds is 5. The number of pyridine rings is 1. The fraction of sp³-hybridized carbons (Fsp3) is 0.263. The van der Waals surface area contributed by atoms with Gasteiger partial charge < -0.3 is 5.32 Å². The van der Waals surface area contributed by atoms with Gasteiger partial charge in [-0.15, -0.1) is 0 Å². The summed E-state index contributed by atoms with van der Waals surface area (Å²) in [7, 11) is 0. The molecule has 1 aromatic heterocycles. The third-order valence-electron chi connectivity index (χ3n) is 3.89. The fourth-order valence-electron chi connectivity index (χ4n) is 2.77. The Kier molecular flexibility index (Phi) is 5.17. The predicted octanol–water partition coefficient (Wildman–Crippen LogP) is 3.33. The molecule has 0 spiro atoms. The van der Waals surface area contributed by atoms with E-state index < -0.39 is 0 Å². The van der Waals surface area contributed by atoms with E-state index in [1.807, 2.05) is 36.4 Å². The molecule has 1 aliphatic heterocycles. The third-order valence-corrected chi connectivity index (χ3v) is 3.89. The van der Waals surface area contributed by atoms with E-state index in [0.29, 0.717) is 0 Å². The lowest BCUT2D eigenvalue weighted by Crippen LogP contribution is -2.18. The van der Waals surface area contributed by atoms with Crippen molar-refractivity contribution in [1.29, 1.82) is 0 Å². The summed E-state index contributed by atoms with van der Waals surface area (Å²) in [6.07, 6.45) is 7.50. The Hall–Kier alpha value is -2.46. The van der Waals surface area contributed by atoms with Crippen LogP contribution in [0.3, 0.4) is 0 Å². The van der Waals surface area contributed by atoms with Crippen LogP contribution in [0.1, 0.15) is 24.1 Å². The second-order valence-corrected chi connectivity index (χ2v) is 5.76. The van der Waals surface area contributed by atoms with Crippen molar-refractivity contribution in [2.75, 3.05) is 18.4 Å². The van der Waals surface area contributed by atoms with Crippen molar-refractivity contribution in [2.24, 2.45) is 0 Å². The average Bonchev–Trinajstić information content (AvgIpc) is 3.07. The second-order valence-electron chi connectivity index (χ2n) is 5.76. The van der Waals surface area contributed by atoms with Crippen molar-refractivity contribution < 1.29 is 4.79 Å². The SMILES string of the molecule is O=C(C=Cc1ccccn1)Nc1cccc(CN2CCCC2)c1. The van der Waals surface area contributed by atoms with E-state index in [9.17, 15) is 4.79 Å². The first kappa shape index (κ1) is 15.4. The van der Waals surface area contributed by atoms with Crippen molar-refractivity contribution >= 4 is 17.7 Å². The number of amides is 1. The summed E-state index contributed by atoms with van der Waals surface area (Å²) >= 11 is 0. The molecule has 118 valence electrons. The lowest BCUT2D eigenvalue weighted by Gasteiger charge is -2.15. The van der Waals surface area contributed by atoms with Crippen molar-refractivity contribution in [3.8, 4) is 0 Å². The topological polar surface area (TPSA) is 45.2 Å². The third kappa shape index (κ3) is 4.76. The molecule has 1 N–H and O–H groups in total. The number of hydrogen-bond acceptors (Lipinski definition) is 3. The van der Waals surface area contributed by atoms with Gasteiger partial charge in [-0.2, -0.15) is 0 Å². The second kappa shape index (κ2) is 7.70. The Morgan fingerprint density at radius 2 is 2.04 bits per heavy atom. The molecule has 4 nitrogen and oxygen atoms in total. The Balaban J connectivity index is 1.58. The molecule has 0 atom stereocenters. The minimum atomic E-state index is -0.144. The first-order valence-corrected chi connectivity index (χ1v) is 8.01. The van der Waals surface area contributed by atoms with E-state index in [-0.39, 0.29) is 5.91 Å². The summed E-state index contributed by atoms with van der Waals surface area (Å²) in [4.78, 5) is 18.6. The Morgan fingerprint density at radius 3 is 2.83 bits per heavy atom. The first-order chi connectivity index (χ1) is 11.3. The number of hydrogen-bond donors (Lipinski definition) is 1. The highest BCUT2D eigenvalue weighted by atomic mass is 16.1. The summed E-state index contributed by atoms with van der Waals surface area (Å²) in [6, 6.07) is 13.7. The summed E-state index contributed by atoms with van der Waals surface area (Å²) in [5.74, 6) is -0.144. The van der Waals surface area contributed by atoms with Gasteiger partial charge in [-0.3, -0.25) is 14.7 Å². The van der Waals surface area contributed by atoms with Crippen LogP contribution in [0, 0.1) is 0 Å². The molecule has 0 radical (unpaired) electrons. The quantitative estimate of drug-likeness (QED) is 0.862. The van der Waals surface area contributed by atoms with Gasteiger partial charge in [-0.1, -0.05) is 18.2 Å². The molecule has 23 heavy (non-hydrogen) atoms. The van der Waals surface area contributed by atoms with Gasteiger partial charge in [-0.25, -0.2) is 0 Å². The fourth-order valence-corrected chi connectivity index (χ4v) is 2.77. The molecule has 3 rings (SSSR count). The van der Waals surface area contributed by atoms with Crippen LogP contribution in [-0.2, 0) is 11.3 Å². The van der Waals surface area contributed by atoms with Crippen molar-refractivity contribution in [3.05, 3.63) is 66.0 Å². The van der Waals surface area contributed by atoms with E-state index in [0.717, 1.165) is 17.9 Å². The average molecular weight is 307 g/mol. The number of likely N-dealkylation sites (tertiary alicyclic amines) is 1. The maximum Gasteiger partial charge on any atom is 0.248 e. The van der Waals surface area contributed by atoms with Gasteiger partial charge in [0.2, 0.25) is 5.91 Å². The van der Waals surface area contributed by atoms with Gasteiger partial charge in [0.15, 0.2) is 0 Å².